The van der Waals surface area contributed by atoms with Crippen molar-refractivity contribution >= 4 is 17.6 Å². The monoisotopic (exact) mass is 503 g/mol. The van der Waals surface area contributed by atoms with Crippen LogP contribution in [0, 0.1) is 6.92 Å². The number of nitrogens with zero attached hydrogens (tertiary/aromatic N) is 3. The Bertz CT molecular complexity index is 1170. The van der Waals surface area contributed by atoms with E-state index in [0.29, 0.717) is 29.8 Å². The van der Waals surface area contributed by atoms with Crippen LogP contribution < -0.4 is 20.3 Å². The van der Waals surface area contributed by atoms with Gasteiger partial charge in [0.05, 0.1) is 12.2 Å². The van der Waals surface area contributed by atoms with E-state index in [1.165, 1.54) is 5.56 Å². The number of nitrogens with one attached hydrogen (secondary N) is 2. The minimum absolute atomic E-state index is 0.00806. The minimum atomic E-state index is -0.0454. The Hall–Kier alpha value is -3.13. The Balaban J connectivity index is 1.08. The molecule has 1 aromatic carbocycles. The molecule has 0 radical (unpaired) electrons. The maximum Gasteiger partial charge on any atom is 0.253 e. The molecular formula is C29H37N5O3. The molecule has 0 spiro atoms. The summed E-state index contributed by atoms with van der Waals surface area (Å²) in [6.45, 7) is 4.66. The maximum absolute atomic E-state index is 13.1. The normalized spacial score (nSPS) is 26.9. The smallest absolute Gasteiger partial charge is 0.253 e. The van der Waals surface area contributed by atoms with Crippen LogP contribution in [-0.2, 0) is 6.42 Å². The van der Waals surface area contributed by atoms with E-state index in [0.717, 1.165) is 75.2 Å². The second-order valence-electron chi connectivity index (χ2n) is 11.2. The molecule has 196 valence electrons. The summed E-state index contributed by atoms with van der Waals surface area (Å²) in [6.07, 6.45) is 8.77. The lowest BCUT2D eigenvalue weighted by Gasteiger charge is -2.40. The van der Waals surface area contributed by atoms with Gasteiger partial charge < -0.3 is 25.2 Å². The second kappa shape index (κ2) is 9.97. The van der Waals surface area contributed by atoms with Gasteiger partial charge in [0.25, 0.3) is 11.8 Å². The molecule has 2 amide bonds. The first-order valence-corrected chi connectivity index (χ1v) is 13.8. The SMILES string of the molecule is Cc1c(C(=O)NC2CC3CCC(C2)N3c2ccc(C(=O)N[C@H]3CCCN(C)C3)cn2)ccc2c1OCC2. The van der Waals surface area contributed by atoms with Gasteiger partial charge in [0.1, 0.15) is 11.6 Å². The molecule has 2 unspecified atom stereocenters. The van der Waals surface area contributed by atoms with Gasteiger partial charge in [0.2, 0.25) is 0 Å². The Morgan fingerprint density at radius 1 is 1.00 bits per heavy atom. The van der Waals surface area contributed by atoms with Crippen LogP contribution in [0.15, 0.2) is 30.5 Å². The summed E-state index contributed by atoms with van der Waals surface area (Å²) in [5.41, 5.74) is 3.46. The summed E-state index contributed by atoms with van der Waals surface area (Å²) in [7, 11) is 2.10. The first kappa shape index (κ1) is 24.2. The van der Waals surface area contributed by atoms with Gasteiger partial charge in [0.15, 0.2) is 0 Å². The first-order chi connectivity index (χ1) is 18.0. The van der Waals surface area contributed by atoms with Crippen LogP contribution in [0.25, 0.3) is 0 Å². The van der Waals surface area contributed by atoms with Gasteiger partial charge in [-0.15, -0.1) is 0 Å². The quantitative estimate of drug-likeness (QED) is 0.652. The third-order valence-corrected chi connectivity index (χ3v) is 8.65. The molecule has 1 aromatic heterocycles. The number of anilines is 1. The molecule has 5 heterocycles. The highest BCUT2D eigenvalue weighted by Gasteiger charge is 2.42. The molecule has 2 aromatic rings. The summed E-state index contributed by atoms with van der Waals surface area (Å²) in [5.74, 6) is 1.76. The summed E-state index contributed by atoms with van der Waals surface area (Å²) in [5, 5.41) is 6.48. The molecule has 8 nitrogen and oxygen atoms in total. The fourth-order valence-electron chi connectivity index (χ4n) is 6.81. The maximum atomic E-state index is 13.1. The predicted octanol–water partition coefficient (Wildman–Crippen LogP) is 3.08. The Kier molecular flexibility index (Phi) is 6.53. The van der Waals surface area contributed by atoms with Crippen LogP contribution in [0.4, 0.5) is 5.82 Å². The number of amides is 2. The molecule has 3 atom stereocenters. The van der Waals surface area contributed by atoms with E-state index in [-0.39, 0.29) is 23.9 Å². The molecule has 3 fully saturated rings. The van der Waals surface area contributed by atoms with E-state index in [4.69, 9.17) is 9.72 Å². The molecular weight excluding hydrogens is 466 g/mol. The van der Waals surface area contributed by atoms with Gasteiger partial charge in [-0.1, -0.05) is 6.07 Å². The third kappa shape index (κ3) is 4.79. The van der Waals surface area contributed by atoms with Crippen LogP contribution in [0.3, 0.4) is 0 Å². The van der Waals surface area contributed by atoms with E-state index < -0.39 is 0 Å². The summed E-state index contributed by atoms with van der Waals surface area (Å²) in [4.78, 5) is 35.3. The molecule has 6 rings (SSSR count). The number of aromatic nitrogens is 1. The predicted molar refractivity (Wildman–Crippen MR) is 142 cm³/mol. The van der Waals surface area contributed by atoms with Crippen molar-refractivity contribution in [2.45, 2.75) is 76.0 Å². The largest absolute Gasteiger partial charge is 0.493 e. The molecule has 4 aliphatic rings. The number of hydrogen-bond acceptors (Lipinski definition) is 6. The van der Waals surface area contributed by atoms with E-state index >= 15 is 0 Å². The number of carbonyl (C=O) groups excluding carboxylic acids is 2. The molecule has 8 heteroatoms. The molecule has 0 aliphatic carbocycles. The van der Waals surface area contributed by atoms with Gasteiger partial charge >= 0.3 is 0 Å². The average Bonchev–Trinajstić information content (AvgIpc) is 3.47. The summed E-state index contributed by atoms with van der Waals surface area (Å²) >= 11 is 0. The van der Waals surface area contributed by atoms with E-state index in [1.807, 2.05) is 31.2 Å². The van der Waals surface area contributed by atoms with Gasteiger partial charge in [-0.2, -0.15) is 0 Å². The number of pyridine rings is 1. The van der Waals surface area contributed by atoms with Gasteiger partial charge in [0, 0.05) is 54.5 Å². The lowest BCUT2D eigenvalue weighted by Crippen LogP contribution is -2.51. The highest BCUT2D eigenvalue weighted by Crippen LogP contribution is 2.39. The zero-order valence-corrected chi connectivity index (χ0v) is 21.8. The molecule has 37 heavy (non-hydrogen) atoms. The highest BCUT2D eigenvalue weighted by atomic mass is 16.5. The Morgan fingerprint density at radius 2 is 1.78 bits per heavy atom. The first-order valence-electron chi connectivity index (χ1n) is 13.8. The number of hydrogen-bond donors (Lipinski definition) is 2. The number of benzene rings is 1. The van der Waals surface area contributed by atoms with Crippen molar-refractivity contribution in [3.63, 3.8) is 0 Å². The van der Waals surface area contributed by atoms with Crippen LogP contribution in [-0.4, -0.2) is 72.6 Å². The van der Waals surface area contributed by atoms with Crippen LogP contribution in [0.1, 0.15) is 70.4 Å². The van der Waals surface area contributed by atoms with E-state index in [1.54, 1.807) is 6.20 Å². The molecule has 2 bridgehead atoms. The van der Waals surface area contributed by atoms with Gasteiger partial charge in [-0.05, 0) is 82.8 Å². The van der Waals surface area contributed by atoms with Crippen molar-refractivity contribution in [1.29, 1.82) is 0 Å². The minimum Gasteiger partial charge on any atom is -0.493 e. The lowest BCUT2D eigenvalue weighted by molar-refractivity contribution is 0.0908. The summed E-state index contributed by atoms with van der Waals surface area (Å²) in [6, 6.07) is 8.89. The third-order valence-electron chi connectivity index (χ3n) is 8.65. The number of ether oxygens (including phenoxy) is 1. The van der Waals surface area contributed by atoms with Gasteiger partial charge in [-0.3, -0.25) is 9.59 Å². The van der Waals surface area contributed by atoms with Crippen molar-refractivity contribution in [2.75, 3.05) is 31.6 Å². The van der Waals surface area contributed by atoms with E-state index in [9.17, 15) is 9.59 Å². The van der Waals surface area contributed by atoms with Crippen LogP contribution >= 0.6 is 0 Å². The standard InChI is InChI=1S/C29H37N5O3/c1-18-25(9-5-19-11-13-37-27(18)19)29(36)32-22-14-23-7-8-24(15-22)34(23)26-10-6-20(16-30-26)28(35)31-21-4-3-12-33(2)17-21/h5-6,9-10,16,21-24H,3-4,7-8,11-15,17H2,1-2H3,(H,31,35)(H,32,36)/t21-,22?,23?,24?/m0/s1. The highest BCUT2D eigenvalue weighted by molar-refractivity contribution is 5.97. The fraction of sp³-hybridized carbons (Fsp3) is 0.552. The van der Waals surface area contributed by atoms with Crippen molar-refractivity contribution in [1.82, 2.24) is 20.5 Å². The van der Waals surface area contributed by atoms with Crippen molar-refractivity contribution < 1.29 is 14.3 Å². The number of piperidine rings is 2. The molecule has 4 aliphatic heterocycles. The fourth-order valence-corrected chi connectivity index (χ4v) is 6.81. The zero-order valence-electron chi connectivity index (χ0n) is 21.8. The van der Waals surface area contributed by atoms with Gasteiger partial charge in [-0.25, -0.2) is 4.98 Å². The number of rotatable bonds is 5. The van der Waals surface area contributed by atoms with Crippen LogP contribution in [0.2, 0.25) is 0 Å². The topological polar surface area (TPSA) is 86.8 Å². The van der Waals surface area contributed by atoms with Crippen molar-refractivity contribution in [2.24, 2.45) is 0 Å². The molecule has 3 saturated heterocycles. The van der Waals surface area contributed by atoms with Crippen molar-refractivity contribution in [3.8, 4) is 5.75 Å². The van der Waals surface area contributed by atoms with Crippen molar-refractivity contribution in [3.05, 3.63) is 52.7 Å². The lowest BCUT2D eigenvalue weighted by atomic mass is 9.96. The number of carbonyl (C=O) groups is 2. The summed E-state index contributed by atoms with van der Waals surface area (Å²) < 4.78 is 5.76. The van der Waals surface area contributed by atoms with E-state index in [2.05, 4.69) is 27.5 Å². The number of likely N-dealkylation sites (N-methyl/N-ethyl adjacent to an activating group) is 1. The average molecular weight is 504 g/mol. The molecule has 0 saturated carbocycles. The number of fused-ring (bicyclic) bond motifs is 3. The van der Waals surface area contributed by atoms with Crippen LogP contribution in [0.5, 0.6) is 5.75 Å². The molecule has 2 N–H and O–H groups in total. The second-order valence-corrected chi connectivity index (χ2v) is 11.2. The Morgan fingerprint density at radius 3 is 2.51 bits per heavy atom. The Labute approximate surface area is 218 Å². The zero-order chi connectivity index (χ0) is 25.5. The number of likely N-dealkylation sites (tertiary alicyclic amines) is 1.